The third-order valence-electron chi connectivity index (χ3n) is 4.64. The van der Waals surface area contributed by atoms with E-state index < -0.39 is 0 Å². The summed E-state index contributed by atoms with van der Waals surface area (Å²) in [6.45, 7) is 5.22. The number of anilines is 1. The molecule has 3 heterocycles. The molecule has 4 rings (SSSR count). The summed E-state index contributed by atoms with van der Waals surface area (Å²) >= 11 is 7.67. The normalized spacial score (nSPS) is 11.2. The maximum atomic E-state index is 13.2. The molecule has 7 heteroatoms. The van der Waals surface area contributed by atoms with Gasteiger partial charge in [-0.05, 0) is 56.2 Å². The van der Waals surface area contributed by atoms with E-state index in [2.05, 4.69) is 4.57 Å². The Bertz CT molecular complexity index is 1110. The van der Waals surface area contributed by atoms with E-state index in [0.717, 1.165) is 34.3 Å². The predicted molar refractivity (Wildman–Crippen MR) is 114 cm³/mol. The van der Waals surface area contributed by atoms with Gasteiger partial charge in [0.2, 0.25) is 0 Å². The summed E-state index contributed by atoms with van der Waals surface area (Å²) in [4.78, 5) is 19.7. The van der Waals surface area contributed by atoms with E-state index in [9.17, 15) is 4.79 Å². The van der Waals surface area contributed by atoms with E-state index in [1.54, 1.807) is 17.2 Å². The Morgan fingerprint density at radius 2 is 2.04 bits per heavy atom. The minimum absolute atomic E-state index is 0.169. The molecule has 0 radical (unpaired) electrons. The quantitative estimate of drug-likeness (QED) is 0.407. The number of hydrogen-bond donors (Lipinski definition) is 0. The van der Waals surface area contributed by atoms with Crippen molar-refractivity contribution in [3.63, 3.8) is 0 Å². The van der Waals surface area contributed by atoms with Gasteiger partial charge in [0.15, 0.2) is 10.9 Å². The molecule has 0 bridgehead atoms. The van der Waals surface area contributed by atoms with Gasteiger partial charge in [0, 0.05) is 36.1 Å². The number of nitrogens with zero attached hydrogens (tertiary/aromatic N) is 3. The van der Waals surface area contributed by atoms with E-state index >= 15 is 0 Å². The summed E-state index contributed by atoms with van der Waals surface area (Å²) in [5, 5.41) is 1.33. The van der Waals surface area contributed by atoms with Crippen LogP contribution in [0.2, 0.25) is 5.02 Å². The Hall–Kier alpha value is -2.57. The zero-order chi connectivity index (χ0) is 19.7. The highest BCUT2D eigenvalue weighted by Crippen LogP contribution is 2.34. The first-order valence-electron chi connectivity index (χ1n) is 9.06. The van der Waals surface area contributed by atoms with Crippen LogP contribution in [0.15, 0.2) is 53.4 Å². The van der Waals surface area contributed by atoms with Crippen molar-refractivity contribution in [1.82, 2.24) is 9.55 Å². The molecule has 3 aromatic heterocycles. The van der Waals surface area contributed by atoms with Crippen molar-refractivity contribution in [3.8, 4) is 0 Å². The largest absolute Gasteiger partial charge is 0.459 e. The fraction of sp³-hybridized carbons (Fsp3) is 0.238. The number of hydrogen-bond acceptors (Lipinski definition) is 4. The van der Waals surface area contributed by atoms with Crippen molar-refractivity contribution in [2.75, 3.05) is 11.4 Å². The molecule has 0 aliphatic rings. The van der Waals surface area contributed by atoms with Gasteiger partial charge in [-0.1, -0.05) is 22.9 Å². The number of carbonyl (C=O) groups excluding carboxylic acids is 1. The highest BCUT2D eigenvalue weighted by molar-refractivity contribution is 7.22. The van der Waals surface area contributed by atoms with E-state index in [1.807, 2.05) is 50.5 Å². The molecular weight excluding hydrogens is 394 g/mol. The fourth-order valence-electron chi connectivity index (χ4n) is 3.19. The van der Waals surface area contributed by atoms with E-state index in [4.69, 9.17) is 21.0 Å². The van der Waals surface area contributed by atoms with Gasteiger partial charge >= 0.3 is 0 Å². The van der Waals surface area contributed by atoms with Gasteiger partial charge in [-0.2, -0.15) is 0 Å². The number of benzene rings is 1. The first kappa shape index (κ1) is 18.8. The Labute approximate surface area is 172 Å². The van der Waals surface area contributed by atoms with Crippen molar-refractivity contribution in [2.45, 2.75) is 26.8 Å². The lowest BCUT2D eigenvalue weighted by Crippen LogP contribution is -2.32. The standard InChI is InChI=1S/C21H20ClN3O2S/c1-14-6-11-27-19(14)20(26)25(10-5-9-24-7-3-4-8-24)21-23-18-15(2)12-16(22)13-17(18)28-21/h3-4,6-8,11-13H,5,9-10H2,1-2H3. The average Bonchev–Trinajstić information content (AvgIpc) is 3.38. The average molecular weight is 414 g/mol. The second kappa shape index (κ2) is 7.81. The van der Waals surface area contributed by atoms with Gasteiger partial charge in [0.25, 0.3) is 5.91 Å². The van der Waals surface area contributed by atoms with Crippen LogP contribution < -0.4 is 4.90 Å². The highest BCUT2D eigenvalue weighted by atomic mass is 35.5. The van der Waals surface area contributed by atoms with Crippen molar-refractivity contribution in [3.05, 3.63) is 70.9 Å². The minimum Gasteiger partial charge on any atom is -0.459 e. The van der Waals surface area contributed by atoms with Gasteiger partial charge in [-0.15, -0.1) is 0 Å². The number of carbonyl (C=O) groups is 1. The third-order valence-corrected chi connectivity index (χ3v) is 5.88. The topological polar surface area (TPSA) is 51.3 Å². The molecule has 28 heavy (non-hydrogen) atoms. The van der Waals surface area contributed by atoms with Crippen molar-refractivity contribution in [2.24, 2.45) is 0 Å². The first-order valence-corrected chi connectivity index (χ1v) is 10.3. The first-order chi connectivity index (χ1) is 13.5. The molecule has 0 unspecified atom stereocenters. The maximum Gasteiger partial charge on any atom is 0.296 e. The van der Waals surface area contributed by atoms with Crippen LogP contribution in [0.1, 0.15) is 28.1 Å². The fourth-order valence-corrected chi connectivity index (χ4v) is 4.63. The Morgan fingerprint density at radius 1 is 1.25 bits per heavy atom. The number of rotatable bonds is 6. The number of thiazole rings is 1. The van der Waals surface area contributed by atoms with E-state index in [0.29, 0.717) is 22.5 Å². The molecule has 0 saturated carbocycles. The Morgan fingerprint density at radius 3 is 2.75 bits per heavy atom. The van der Waals surface area contributed by atoms with Gasteiger partial charge in [-0.25, -0.2) is 4.98 Å². The second-order valence-electron chi connectivity index (χ2n) is 6.73. The van der Waals surface area contributed by atoms with Crippen LogP contribution in [0.25, 0.3) is 10.2 Å². The Balaban J connectivity index is 1.66. The van der Waals surface area contributed by atoms with Crippen LogP contribution in [0, 0.1) is 13.8 Å². The molecule has 4 aromatic rings. The van der Waals surface area contributed by atoms with Crippen LogP contribution >= 0.6 is 22.9 Å². The Kier molecular flexibility index (Phi) is 5.24. The molecule has 0 spiro atoms. The summed E-state index contributed by atoms with van der Waals surface area (Å²) < 4.78 is 8.53. The van der Waals surface area contributed by atoms with Crippen LogP contribution in [-0.2, 0) is 6.54 Å². The van der Waals surface area contributed by atoms with Crippen LogP contribution in [0.3, 0.4) is 0 Å². The molecule has 0 N–H and O–H groups in total. The lowest BCUT2D eigenvalue weighted by atomic mass is 10.2. The summed E-state index contributed by atoms with van der Waals surface area (Å²) in [6, 6.07) is 9.58. The molecule has 1 aromatic carbocycles. The number of halogens is 1. The number of amides is 1. The van der Waals surface area contributed by atoms with Crippen molar-refractivity contribution < 1.29 is 9.21 Å². The lowest BCUT2D eigenvalue weighted by molar-refractivity contribution is 0.0959. The SMILES string of the molecule is Cc1ccoc1C(=O)N(CCCn1cccc1)c1nc2c(C)cc(Cl)cc2s1. The second-order valence-corrected chi connectivity index (χ2v) is 8.18. The summed E-state index contributed by atoms with van der Waals surface area (Å²) in [5.41, 5.74) is 2.70. The van der Waals surface area contributed by atoms with Crippen LogP contribution in [0.5, 0.6) is 0 Å². The van der Waals surface area contributed by atoms with E-state index in [1.165, 1.54) is 11.3 Å². The zero-order valence-corrected chi connectivity index (χ0v) is 17.3. The van der Waals surface area contributed by atoms with Crippen LogP contribution in [0.4, 0.5) is 5.13 Å². The van der Waals surface area contributed by atoms with Crippen molar-refractivity contribution in [1.29, 1.82) is 0 Å². The lowest BCUT2D eigenvalue weighted by Gasteiger charge is -2.19. The van der Waals surface area contributed by atoms with Gasteiger partial charge in [0.05, 0.1) is 16.5 Å². The molecule has 0 saturated heterocycles. The highest BCUT2D eigenvalue weighted by Gasteiger charge is 2.25. The maximum absolute atomic E-state index is 13.2. The predicted octanol–water partition coefficient (Wildman–Crippen LogP) is 5.70. The molecule has 1 amide bonds. The molecule has 5 nitrogen and oxygen atoms in total. The minimum atomic E-state index is -0.169. The van der Waals surface area contributed by atoms with Gasteiger partial charge in [-0.3, -0.25) is 9.69 Å². The molecular formula is C21H20ClN3O2S. The third kappa shape index (κ3) is 3.70. The molecule has 0 aliphatic carbocycles. The van der Waals surface area contributed by atoms with Gasteiger partial charge < -0.3 is 8.98 Å². The van der Waals surface area contributed by atoms with Crippen molar-refractivity contribution >= 4 is 44.2 Å². The molecule has 0 aliphatic heterocycles. The summed E-state index contributed by atoms with van der Waals surface area (Å²) in [5.74, 6) is 0.188. The van der Waals surface area contributed by atoms with E-state index in [-0.39, 0.29) is 5.91 Å². The number of aromatic nitrogens is 2. The van der Waals surface area contributed by atoms with Crippen LogP contribution in [-0.4, -0.2) is 22.0 Å². The summed E-state index contributed by atoms with van der Waals surface area (Å²) in [7, 11) is 0. The van der Waals surface area contributed by atoms with Gasteiger partial charge in [0.1, 0.15) is 0 Å². The monoisotopic (exact) mass is 413 g/mol. The molecule has 0 fully saturated rings. The molecule has 0 atom stereocenters. The summed E-state index contributed by atoms with van der Waals surface area (Å²) in [6.07, 6.45) is 6.39. The smallest absolute Gasteiger partial charge is 0.296 e. The number of aryl methyl sites for hydroxylation is 3. The molecule has 144 valence electrons. The number of furan rings is 1. The number of fused-ring (bicyclic) bond motifs is 1. The zero-order valence-electron chi connectivity index (χ0n) is 15.7.